The molecule has 0 bridgehead atoms. The fourth-order valence-electron chi connectivity index (χ4n) is 9.93. The maximum atomic E-state index is 13.7. The smallest absolute Gasteiger partial charge is 0.407 e. The first-order valence-electron chi connectivity index (χ1n) is 25.2. The zero-order chi connectivity index (χ0) is 55.2. The zero-order valence-electron chi connectivity index (χ0n) is 45.1. The maximum Gasteiger partial charge on any atom is 0.407 e. The summed E-state index contributed by atoms with van der Waals surface area (Å²) in [6.45, 7) is 15.1. The van der Waals surface area contributed by atoms with Gasteiger partial charge in [-0.3, -0.25) is 28.8 Å². The number of esters is 1. The number of ether oxygens (including phenoxy) is 14. The molecule has 0 aromatic heterocycles. The van der Waals surface area contributed by atoms with Crippen molar-refractivity contribution in [2.24, 2.45) is 0 Å². The van der Waals surface area contributed by atoms with Crippen LogP contribution in [-0.2, 0) is 95.1 Å². The monoisotopic (exact) mass is 1070 g/mol. The molecule has 6 heterocycles. The Balaban J connectivity index is 1.06. The van der Waals surface area contributed by atoms with Crippen LogP contribution in [-0.4, -0.2) is 205 Å². The van der Waals surface area contributed by atoms with Gasteiger partial charge in [-0.05, 0) is 62.3 Å². The Morgan fingerprint density at radius 2 is 0.760 bits per heavy atom. The summed E-state index contributed by atoms with van der Waals surface area (Å²) in [4.78, 5) is 92.4. The average Bonchev–Trinajstić information content (AvgIpc) is 4.12. The van der Waals surface area contributed by atoms with Crippen LogP contribution in [0.3, 0.4) is 0 Å². The predicted molar refractivity (Wildman–Crippen MR) is 254 cm³/mol. The van der Waals surface area contributed by atoms with E-state index in [1.54, 1.807) is 62.3 Å². The third-order valence-corrected chi connectivity index (χ3v) is 12.9. The van der Waals surface area contributed by atoms with Crippen LogP contribution in [0.4, 0.5) is 4.79 Å². The van der Waals surface area contributed by atoms with Crippen LogP contribution < -0.4 is 31.9 Å². The molecule has 27 heteroatoms. The third kappa shape index (κ3) is 16.1. The molecular formula is C48H78N6O21. The van der Waals surface area contributed by atoms with Crippen molar-refractivity contribution in [2.45, 2.75) is 216 Å². The van der Waals surface area contributed by atoms with E-state index in [0.29, 0.717) is 0 Å². The Bertz CT molecular complexity index is 2040. The molecular weight excluding hydrogens is 997 g/mol. The van der Waals surface area contributed by atoms with Gasteiger partial charge in [0.15, 0.2) is 36.2 Å². The molecule has 0 aromatic rings. The minimum absolute atomic E-state index is 0.0599. The molecule has 0 aromatic carbocycles. The maximum absolute atomic E-state index is 13.7. The SMILES string of the molecule is COC(=O)C[C@H](NC(=O)CCNC(=O)C[C@H](NC(=O)CCNC(=O)C[C@H](NC(=O)CCNC(=O)OC(C)(C)C)[C@H]1O[C@H](OC)[C@H]2OC(C)(C)O[C@H]21)[C@H]1O[C@H](OC)[C@H]2OC(C)(C)O[C@H]21)[C@H]1O[C@H](OC)[C@H]2OC(C)(C)O[C@H]21. The van der Waals surface area contributed by atoms with E-state index in [9.17, 15) is 33.6 Å². The molecule has 15 atom stereocenters. The molecule has 27 nitrogen and oxygen atoms in total. The standard InChI is InChI=1S/C48H78N6O21/c1-45(2,3)75-44(61)51-19-16-28(57)53-24(33-36-39(42(64-12)67-33)73-47(6,7)70-36)21-30(59)49-17-14-26(55)52-23(32-35-38(41(63-11)66-32)72-46(4,5)69-35)20-29(58)50-18-15-27(56)54-25(22-31(60)62-10)34-37-40(43(65-13)68-34)74-48(8,9)71-37/h23-25,32-43H,14-22H2,1-13H3,(H,49,59)(H,50,58)(H,51,61)(H,52,55)(H,53,57)(H,54,56)/t23-,24-,25-,32+,33+,34+,35-,36-,37-,38-,39-,40-,41-,42-,43-/m0/s1. The van der Waals surface area contributed by atoms with Crippen LogP contribution in [0.15, 0.2) is 0 Å². The van der Waals surface area contributed by atoms with Gasteiger partial charge in [0.05, 0.1) is 31.7 Å². The highest BCUT2D eigenvalue weighted by Gasteiger charge is 2.60. The minimum Gasteiger partial charge on any atom is -0.469 e. The second kappa shape index (κ2) is 24.9. The Kier molecular flexibility index (Phi) is 19.9. The van der Waals surface area contributed by atoms with Gasteiger partial charge in [0.2, 0.25) is 29.5 Å². The summed E-state index contributed by atoms with van der Waals surface area (Å²) in [5.74, 6) is -6.36. The first-order chi connectivity index (χ1) is 35.1. The van der Waals surface area contributed by atoms with Crippen LogP contribution in [0.25, 0.3) is 0 Å². The van der Waals surface area contributed by atoms with Gasteiger partial charge in [-0.2, -0.15) is 0 Å². The van der Waals surface area contributed by atoms with E-state index < -0.39 is 156 Å². The van der Waals surface area contributed by atoms with Gasteiger partial charge in [-0.25, -0.2) is 4.79 Å². The largest absolute Gasteiger partial charge is 0.469 e. The molecule has 426 valence electrons. The van der Waals surface area contributed by atoms with Crippen LogP contribution in [0, 0.1) is 0 Å². The third-order valence-electron chi connectivity index (χ3n) is 12.9. The lowest BCUT2D eigenvalue weighted by Gasteiger charge is -2.29. The number of carbonyl (C=O) groups excluding carboxylic acids is 7. The second-order valence-corrected chi connectivity index (χ2v) is 21.4. The molecule has 0 aliphatic carbocycles. The van der Waals surface area contributed by atoms with Gasteiger partial charge in [0.25, 0.3) is 0 Å². The Labute approximate surface area is 436 Å². The number of amides is 6. The van der Waals surface area contributed by atoms with Crippen molar-refractivity contribution in [1.29, 1.82) is 0 Å². The van der Waals surface area contributed by atoms with Gasteiger partial charge in [-0.15, -0.1) is 0 Å². The highest BCUT2D eigenvalue weighted by molar-refractivity contribution is 5.83. The molecule has 6 fully saturated rings. The molecule has 0 unspecified atom stereocenters. The van der Waals surface area contributed by atoms with Gasteiger partial charge >= 0.3 is 12.1 Å². The highest BCUT2D eigenvalue weighted by Crippen LogP contribution is 2.43. The quantitative estimate of drug-likeness (QED) is 0.0657. The van der Waals surface area contributed by atoms with Crippen LogP contribution in [0.5, 0.6) is 0 Å². The number of alkyl carbamates (subject to hydrolysis) is 1. The summed E-state index contributed by atoms with van der Waals surface area (Å²) in [7, 11) is 5.52. The van der Waals surface area contributed by atoms with Crippen LogP contribution in [0.2, 0.25) is 0 Å². The van der Waals surface area contributed by atoms with E-state index >= 15 is 0 Å². The van der Waals surface area contributed by atoms with E-state index in [0.717, 1.165) is 0 Å². The molecule has 6 rings (SSSR count). The van der Waals surface area contributed by atoms with Crippen molar-refractivity contribution >= 4 is 41.6 Å². The molecule has 0 saturated carbocycles. The van der Waals surface area contributed by atoms with Gasteiger partial charge in [0.1, 0.15) is 60.5 Å². The van der Waals surface area contributed by atoms with Crippen LogP contribution >= 0.6 is 0 Å². The predicted octanol–water partition coefficient (Wildman–Crippen LogP) is -0.614. The van der Waals surface area contributed by atoms with E-state index in [1.807, 2.05) is 0 Å². The number of methoxy groups -OCH3 is 4. The number of carbonyl (C=O) groups is 7. The number of hydrogen-bond donors (Lipinski definition) is 6. The lowest BCUT2D eigenvalue weighted by molar-refractivity contribution is -0.230. The molecule has 6 amide bonds. The minimum atomic E-state index is -1.05. The summed E-state index contributed by atoms with van der Waals surface area (Å²) in [6, 6.07) is -2.92. The lowest BCUT2D eigenvalue weighted by Crippen LogP contribution is -2.52. The normalized spacial score (nSPS) is 32.0. The molecule has 6 aliphatic rings. The summed E-state index contributed by atoms with van der Waals surface area (Å²) in [5, 5.41) is 16.5. The fourth-order valence-corrected chi connectivity index (χ4v) is 9.93. The second-order valence-electron chi connectivity index (χ2n) is 21.4. The Morgan fingerprint density at radius 1 is 0.453 bits per heavy atom. The summed E-state index contributed by atoms with van der Waals surface area (Å²) in [5.41, 5.74) is -0.744. The summed E-state index contributed by atoms with van der Waals surface area (Å²) >= 11 is 0. The van der Waals surface area contributed by atoms with E-state index in [-0.39, 0.29) is 58.2 Å². The van der Waals surface area contributed by atoms with Crippen molar-refractivity contribution in [1.82, 2.24) is 31.9 Å². The van der Waals surface area contributed by atoms with E-state index in [2.05, 4.69) is 31.9 Å². The number of rotatable bonds is 24. The molecule has 6 aliphatic heterocycles. The van der Waals surface area contributed by atoms with E-state index in [1.165, 1.54) is 28.4 Å². The molecule has 0 radical (unpaired) electrons. The summed E-state index contributed by atoms with van der Waals surface area (Å²) < 4.78 is 81.5. The Morgan fingerprint density at radius 3 is 1.07 bits per heavy atom. The average molecular weight is 1080 g/mol. The molecule has 0 spiro atoms. The van der Waals surface area contributed by atoms with E-state index in [4.69, 9.17) is 66.3 Å². The van der Waals surface area contributed by atoms with Crippen molar-refractivity contribution in [3.8, 4) is 0 Å². The Hall–Kier alpha value is -4.39. The number of nitrogens with one attached hydrogen (secondary N) is 6. The number of hydrogen-bond acceptors (Lipinski definition) is 21. The van der Waals surface area contributed by atoms with Gasteiger partial charge in [-0.1, -0.05) is 0 Å². The highest BCUT2D eigenvalue weighted by atomic mass is 16.8. The first kappa shape index (κ1) is 59.8. The zero-order valence-corrected chi connectivity index (χ0v) is 45.1. The van der Waals surface area contributed by atoms with Crippen molar-refractivity contribution in [3.05, 3.63) is 0 Å². The molecule has 6 saturated heterocycles. The van der Waals surface area contributed by atoms with Gasteiger partial charge < -0.3 is 98.2 Å². The fraction of sp³-hybridized carbons (Fsp3) is 0.854. The number of fused-ring (bicyclic) bond motifs is 3. The lowest BCUT2D eigenvalue weighted by atomic mass is 9.99. The first-order valence-corrected chi connectivity index (χ1v) is 25.2. The summed E-state index contributed by atoms with van der Waals surface area (Å²) in [6.07, 6.45) is -11.7. The molecule has 75 heavy (non-hydrogen) atoms. The topological polar surface area (TPSA) is 321 Å². The van der Waals surface area contributed by atoms with Crippen LogP contribution in [0.1, 0.15) is 101 Å². The molecule has 6 N–H and O–H groups in total. The van der Waals surface area contributed by atoms with Crippen molar-refractivity contribution < 1.29 is 99.9 Å². The van der Waals surface area contributed by atoms with Crippen molar-refractivity contribution in [3.63, 3.8) is 0 Å². The van der Waals surface area contributed by atoms with Crippen molar-refractivity contribution in [2.75, 3.05) is 48.1 Å². The van der Waals surface area contributed by atoms with Gasteiger partial charge in [0, 0.05) is 73.1 Å².